The lowest BCUT2D eigenvalue weighted by Crippen LogP contribution is -2.46. The van der Waals surface area contributed by atoms with Gasteiger partial charge in [0.15, 0.2) is 8.32 Å². The first kappa shape index (κ1) is 29.3. The van der Waals surface area contributed by atoms with Gasteiger partial charge in [0.2, 0.25) is 0 Å². The van der Waals surface area contributed by atoms with Crippen LogP contribution in [-0.4, -0.2) is 55.1 Å². The summed E-state index contributed by atoms with van der Waals surface area (Å²) < 4.78 is 28.2. The number of aromatic nitrogens is 1. The number of carboxylic acids is 1. The van der Waals surface area contributed by atoms with Gasteiger partial charge in [-0.15, -0.1) is 0 Å². The quantitative estimate of drug-likeness (QED) is 0.219. The van der Waals surface area contributed by atoms with Crippen LogP contribution < -0.4 is 4.74 Å². The molecule has 0 radical (unpaired) electrons. The predicted octanol–water partition coefficient (Wildman–Crippen LogP) is 7.07. The summed E-state index contributed by atoms with van der Waals surface area (Å²) in [7, 11) is -1.90. The number of aromatic amines is 1. The number of H-pyrrole nitrogens is 1. The number of halogens is 1. The molecule has 0 saturated carbocycles. The second-order valence-corrected chi connectivity index (χ2v) is 17.3. The molecule has 0 spiro atoms. The number of ether oxygens (including phenoxy) is 1. The monoisotopic (exact) mass is 554 g/mol. The molecule has 6 nitrogen and oxygen atoms in total. The fourth-order valence-electron chi connectivity index (χ4n) is 5.33. The van der Waals surface area contributed by atoms with Crippen molar-refractivity contribution in [2.45, 2.75) is 78.2 Å². The van der Waals surface area contributed by atoms with Gasteiger partial charge in [0.05, 0.1) is 18.6 Å². The third-order valence-corrected chi connectivity index (χ3v) is 13.3. The van der Waals surface area contributed by atoms with Crippen LogP contribution in [0.15, 0.2) is 36.4 Å². The number of nitrogens with zero attached hydrogens (tertiary/aromatic N) is 1. The summed E-state index contributed by atoms with van der Waals surface area (Å²) in [6, 6.07) is 10.8. The fourth-order valence-corrected chi connectivity index (χ4v) is 6.36. The first-order valence-corrected chi connectivity index (χ1v) is 16.8. The molecule has 0 saturated heterocycles. The van der Waals surface area contributed by atoms with Crippen LogP contribution in [0.25, 0.3) is 10.9 Å². The lowest BCUT2D eigenvalue weighted by atomic mass is 9.86. The fraction of sp³-hybridized carbons (Fsp3) is 0.516. The number of para-hydroxylation sites is 1. The van der Waals surface area contributed by atoms with Crippen LogP contribution in [-0.2, 0) is 15.6 Å². The smallest absolute Gasteiger partial charge is 0.307 e. The highest BCUT2D eigenvalue weighted by atomic mass is 28.4. The Labute approximate surface area is 232 Å². The van der Waals surface area contributed by atoms with Crippen LogP contribution in [0, 0.1) is 18.7 Å². The Bertz CT molecular complexity index is 1350. The Morgan fingerprint density at radius 1 is 1.21 bits per heavy atom. The molecule has 8 heteroatoms. The molecule has 1 unspecified atom stereocenters. The van der Waals surface area contributed by atoms with Crippen LogP contribution in [0.3, 0.4) is 0 Å². The van der Waals surface area contributed by atoms with Crippen LogP contribution >= 0.6 is 0 Å². The molecule has 2 N–H and O–H groups in total. The minimum Gasteiger partial charge on any atom is -0.491 e. The van der Waals surface area contributed by atoms with Gasteiger partial charge in [0.25, 0.3) is 0 Å². The first-order chi connectivity index (χ1) is 18.2. The van der Waals surface area contributed by atoms with Crippen molar-refractivity contribution in [2.24, 2.45) is 5.92 Å². The predicted molar refractivity (Wildman–Crippen MR) is 157 cm³/mol. The highest BCUT2D eigenvalue weighted by Crippen LogP contribution is 2.44. The minimum absolute atomic E-state index is 0.0184. The molecule has 4 rings (SSSR count). The van der Waals surface area contributed by atoms with Gasteiger partial charge < -0.3 is 19.3 Å². The van der Waals surface area contributed by atoms with Crippen molar-refractivity contribution in [3.63, 3.8) is 0 Å². The number of nitrogens with one attached hydrogen (secondary N) is 1. The van der Waals surface area contributed by atoms with Gasteiger partial charge in [-0.25, -0.2) is 4.39 Å². The van der Waals surface area contributed by atoms with Crippen LogP contribution in [0.1, 0.15) is 63.0 Å². The molecule has 1 aliphatic heterocycles. The number of rotatable bonds is 9. The third-order valence-electron chi connectivity index (χ3n) is 8.72. The molecule has 3 atom stereocenters. The normalized spacial score (nSPS) is 19.2. The highest BCUT2D eigenvalue weighted by molar-refractivity contribution is 6.74. The topological polar surface area (TPSA) is 74.8 Å². The van der Waals surface area contributed by atoms with Gasteiger partial charge in [-0.1, -0.05) is 45.9 Å². The number of carbonyl (C=O) groups is 1. The molecule has 0 aliphatic carbocycles. The first-order valence-electron chi connectivity index (χ1n) is 13.9. The standard InChI is InChI=1S/C31H43FN2O4Si/c1-19(30(35)36)18-34-20(2)17-23-22-11-9-10-12-25(22)33-28(23)29(34)27-21(3)26(14-13-24(27)32)37-15-16-38-39(7,8)31(4,5)6/h9-14,19-20,29,33H,15-18H2,1-8H3,(H,35,36)/t19?,20-,29-/m1/s1. The number of benzene rings is 2. The second-order valence-electron chi connectivity index (χ2n) is 12.5. The van der Waals surface area contributed by atoms with E-state index in [1.807, 2.05) is 25.1 Å². The molecule has 2 aromatic carbocycles. The summed E-state index contributed by atoms with van der Waals surface area (Å²) in [5, 5.41) is 10.9. The van der Waals surface area contributed by atoms with Gasteiger partial charge in [-0.05, 0) is 67.7 Å². The highest BCUT2D eigenvalue weighted by Gasteiger charge is 2.40. The van der Waals surface area contributed by atoms with E-state index in [1.54, 1.807) is 13.0 Å². The Hall–Kier alpha value is -2.68. The van der Waals surface area contributed by atoms with E-state index in [0.717, 1.165) is 34.1 Å². The maximum atomic E-state index is 15.8. The summed E-state index contributed by atoms with van der Waals surface area (Å²) in [5.74, 6) is -1.17. The zero-order chi connectivity index (χ0) is 28.7. The summed E-state index contributed by atoms with van der Waals surface area (Å²) in [6.07, 6.45) is 0.754. The molecule has 2 heterocycles. The Morgan fingerprint density at radius 2 is 1.90 bits per heavy atom. The lowest BCUT2D eigenvalue weighted by Gasteiger charge is -2.42. The van der Waals surface area contributed by atoms with Crippen LogP contribution in [0.5, 0.6) is 5.75 Å². The van der Waals surface area contributed by atoms with E-state index in [-0.39, 0.29) is 16.9 Å². The molecule has 0 amide bonds. The van der Waals surface area contributed by atoms with E-state index in [1.165, 1.54) is 6.07 Å². The Morgan fingerprint density at radius 3 is 2.56 bits per heavy atom. The van der Waals surface area contributed by atoms with Crippen molar-refractivity contribution in [2.75, 3.05) is 19.8 Å². The van der Waals surface area contributed by atoms with E-state index in [4.69, 9.17) is 9.16 Å². The largest absolute Gasteiger partial charge is 0.491 e. The van der Waals surface area contributed by atoms with E-state index < -0.39 is 26.2 Å². The lowest BCUT2D eigenvalue weighted by molar-refractivity contribution is -0.142. The van der Waals surface area contributed by atoms with Crippen molar-refractivity contribution in [3.05, 3.63) is 64.6 Å². The van der Waals surface area contributed by atoms with E-state index >= 15 is 4.39 Å². The zero-order valence-corrected chi connectivity index (χ0v) is 25.5. The number of carboxylic acid groups (broad SMARTS) is 1. The van der Waals surface area contributed by atoms with E-state index in [9.17, 15) is 9.90 Å². The van der Waals surface area contributed by atoms with Crippen molar-refractivity contribution in [1.29, 1.82) is 0 Å². The van der Waals surface area contributed by atoms with Crippen molar-refractivity contribution in [3.8, 4) is 5.75 Å². The zero-order valence-electron chi connectivity index (χ0n) is 24.5. The summed E-state index contributed by atoms with van der Waals surface area (Å²) in [6.45, 7) is 17.9. The van der Waals surface area contributed by atoms with E-state index in [2.05, 4.69) is 56.7 Å². The molecule has 212 valence electrons. The minimum atomic E-state index is -1.90. The summed E-state index contributed by atoms with van der Waals surface area (Å²) in [5.41, 5.74) is 4.33. The van der Waals surface area contributed by atoms with Crippen LogP contribution in [0.2, 0.25) is 18.1 Å². The molecule has 0 bridgehead atoms. The van der Waals surface area contributed by atoms with E-state index in [0.29, 0.717) is 31.1 Å². The molecule has 1 aromatic heterocycles. The number of hydrogen-bond donors (Lipinski definition) is 2. The van der Waals surface area contributed by atoms with Gasteiger partial charge in [0.1, 0.15) is 18.2 Å². The molecular formula is C31H43FN2O4Si. The summed E-state index contributed by atoms with van der Waals surface area (Å²) >= 11 is 0. The number of aliphatic carboxylic acids is 1. The molecule has 39 heavy (non-hydrogen) atoms. The van der Waals surface area contributed by atoms with Crippen molar-refractivity contribution in [1.82, 2.24) is 9.88 Å². The van der Waals surface area contributed by atoms with Gasteiger partial charge >= 0.3 is 5.97 Å². The molecular weight excluding hydrogens is 511 g/mol. The average molecular weight is 555 g/mol. The van der Waals surface area contributed by atoms with Crippen molar-refractivity contribution < 1.29 is 23.5 Å². The second kappa shape index (κ2) is 11.1. The number of hydrogen-bond acceptors (Lipinski definition) is 4. The molecule has 0 fully saturated rings. The van der Waals surface area contributed by atoms with Gasteiger partial charge in [-0.3, -0.25) is 9.69 Å². The maximum absolute atomic E-state index is 15.8. The maximum Gasteiger partial charge on any atom is 0.307 e. The Balaban J connectivity index is 1.72. The third kappa shape index (κ3) is 5.79. The van der Waals surface area contributed by atoms with Crippen LogP contribution in [0.4, 0.5) is 4.39 Å². The number of fused-ring (bicyclic) bond motifs is 3. The SMILES string of the molecule is Cc1c(OCCO[Si](C)(C)C(C)(C)C)ccc(F)c1[C@@H]1c2[nH]c3ccccc3c2C[C@@H](C)N1CC(C)C(=O)O. The average Bonchev–Trinajstić information content (AvgIpc) is 3.21. The summed E-state index contributed by atoms with van der Waals surface area (Å²) in [4.78, 5) is 17.5. The van der Waals surface area contributed by atoms with Gasteiger partial charge in [-0.2, -0.15) is 0 Å². The molecule has 1 aliphatic rings. The Kier molecular flexibility index (Phi) is 8.31. The van der Waals surface area contributed by atoms with Gasteiger partial charge in [0, 0.05) is 34.7 Å². The van der Waals surface area contributed by atoms with Crippen molar-refractivity contribution >= 4 is 25.2 Å². The molecule has 3 aromatic rings.